The smallest absolute Gasteiger partial charge is 0.0284 e. The van der Waals surface area contributed by atoms with Crippen LogP contribution in [0.2, 0.25) is 0 Å². The van der Waals surface area contributed by atoms with Crippen molar-refractivity contribution >= 4 is 0 Å². The molecule has 0 aliphatic carbocycles. The molecule has 0 unspecified atom stereocenters. The van der Waals surface area contributed by atoms with E-state index in [-0.39, 0.29) is 0 Å². The summed E-state index contributed by atoms with van der Waals surface area (Å²) in [7, 11) is 0. The lowest BCUT2D eigenvalue weighted by Gasteiger charge is -2.12. The summed E-state index contributed by atoms with van der Waals surface area (Å²) in [5, 5.41) is 0. The van der Waals surface area contributed by atoms with E-state index in [0.29, 0.717) is 0 Å². The van der Waals surface area contributed by atoms with Crippen molar-refractivity contribution in [2.45, 2.75) is 207 Å². The van der Waals surface area contributed by atoms with Gasteiger partial charge in [0.25, 0.3) is 0 Å². The second-order valence-corrected chi connectivity index (χ2v) is 23.4. The third-order valence-electron chi connectivity index (χ3n) is 16.1. The standard InChI is InChI=1S/C86H94/c1-5-9-13-17-21-25-29-71-33-37-73(38-34-71)41-43-75-45-49-77(50-46-75)53-55-79-57-61-81(62-58-79)65-67-85-69-84(32-28-24-20-16-12-8-4)86(70-83(85)31-27-23-19-15-11-7-3)68-66-82-63-59-80(60-64-82)56-54-78-51-47-76(48-52-78)44-42-74-39-35-72(36-40-74)30-26-22-18-14-10-6-2/h33-40,45-52,57-64,69-70H,5-32H2,1-4H3. The van der Waals surface area contributed by atoms with Crippen molar-refractivity contribution in [3.05, 3.63) is 247 Å². The zero-order valence-electron chi connectivity index (χ0n) is 52.8. The van der Waals surface area contributed by atoms with Crippen molar-refractivity contribution < 1.29 is 0 Å². The van der Waals surface area contributed by atoms with E-state index < -0.39 is 0 Å². The number of benzene rings is 7. The molecule has 0 amide bonds. The van der Waals surface area contributed by atoms with Crippen molar-refractivity contribution in [3.8, 4) is 71.0 Å². The summed E-state index contributed by atoms with van der Waals surface area (Å²) < 4.78 is 0. The van der Waals surface area contributed by atoms with Crippen molar-refractivity contribution in [3.63, 3.8) is 0 Å². The normalized spacial score (nSPS) is 10.4. The number of unbranched alkanes of at least 4 members (excludes halogenated alkanes) is 20. The Kier molecular flexibility index (Phi) is 30.1. The van der Waals surface area contributed by atoms with Gasteiger partial charge in [-0.1, -0.05) is 251 Å². The Morgan fingerprint density at radius 2 is 0.360 bits per heavy atom. The molecule has 7 rings (SSSR count). The Labute approximate surface area is 522 Å². The van der Waals surface area contributed by atoms with Crippen molar-refractivity contribution in [1.29, 1.82) is 0 Å². The topological polar surface area (TPSA) is 0 Å². The van der Waals surface area contributed by atoms with Gasteiger partial charge >= 0.3 is 0 Å². The predicted molar refractivity (Wildman–Crippen MR) is 369 cm³/mol. The van der Waals surface area contributed by atoms with Crippen LogP contribution in [0.15, 0.2) is 158 Å². The van der Waals surface area contributed by atoms with E-state index in [1.807, 2.05) is 0 Å². The molecular formula is C86H94. The molecule has 0 heteroatoms. The van der Waals surface area contributed by atoms with E-state index in [0.717, 1.165) is 105 Å². The number of hydrogen-bond donors (Lipinski definition) is 0. The molecule has 0 radical (unpaired) electrons. The van der Waals surface area contributed by atoms with Gasteiger partial charge in [-0.05, 0) is 207 Å². The largest absolute Gasteiger partial charge is 0.0654 e. The van der Waals surface area contributed by atoms with Crippen LogP contribution >= 0.6 is 0 Å². The average Bonchev–Trinajstić information content (AvgIpc) is 3.26. The summed E-state index contributed by atoms with van der Waals surface area (Å²) >= 11 is 0. The van der Waals surface area contributed by atoms with E-state index in [1.54, 1.807) is 0 Å². The molecule has 0 nitrogen and oxygen atoms in total. The minimum absolute atomic E-state index is 0.966. The second kappa shape index (κ2) is 39.5. The van der Waals surface area contributed by atoms with Gasteiger partial charge in [0.05, 0.1) is 0 Å². The molecule has 0 spiro atoms. The highest BCUT2D eigenvalue weighted by Crippen LogP contribution is 2.23. The molecule has 0 heterocycles. The number of aryl methyl sites for hydroxylation is 4. The molecule has 0 aromatic heterocycles. The first-order valence-corrected chi connectivity index (χ1v) is 33.3. The third-order valence-corrected chi connectivity index (χ3v) is 16.1. The highest BCUT2D eigenvalue weighted by atomic mass is 14.1. The minimum atomic E-state index is 0.966. The Balaban J connectivity index is 0.995. The molecule has 0 bridgehead atoms. The Morgan fingerprint density at radius 3 is 0.581 bits per heavy atom. The summed E-state index contributed by atoms with van der Waals surface area (Å²) in [5.74, 6) is 41.2. The SMILES string of the molecule is CCCCCCCCc1ccc(C#Cc2ccc(C#Cc3ccc(C#Cc4cc(CCCCCCCC)c(C#Cc5ccc(C#Cc6ccc(C#Cc7ccc(CCCCCCCC)cc7)cc6)cc5)cc4CCCCCCCC)cc3)cc2)cc1. The fourth-order valence-corrected chi connectivity index (χ4v) is 10.7. The lowest BCUT2D eigenvalue weighted by molar-refractivity contribution is 0.605. The van der Waals surface area contributed by atoms with Crippen LogP contribution in [0.3, 0.4) is 0 Å². The van der Waals surface area contributed by atoms with E-state index in [9.17, 15) is 0 Å². The molecule has 7 aromatic rings. The fourth-order valence-electron chi connectivity index (χ4n) is 10.7. The highest BCUT2D eigenvalue weighted by molar-refractivity contribution is 5.57. The molecule has 0 aliphatic heterocycles. The summed E-state index contributed by atoms with van der Waals surface area (Å²) in [6.45, 7) is 9.12. The van der Waals surface area contributed by atoms with Crippen LogP contribution in [-0.4, -0.2) is 0 Å². The van der Waals surface area contributed by atoms with E-state index >= 15 is 0 Å². The summed E-state index contributed by atoms with van der Waals surface area (Å²) in [6.07, 6.45) is 35.2. The Morgan fingerprint density at radius 1 is 0.186 bits per heavy atom. The Hall–Kier alpha value is -8.10. The monoisotopic (exact) mass is 1130 g/mol. The maximum Gasteiger partial charge on any atom is 0.0284 e. The molecule has 0 fully saturated rings. The molecule has 0 aliphatic rings. The lowest BCUT2D eigenvalue weighted by Crippen LogP contribution is -1.99. The maximum atomic E-state index is 3.66. The van der Waals surface area contributed by atoms with Crippen LogP contribution in [-0.2, 0) is 25.7 Å². The zero-order valence-corrected chi connectivity index (χ0v) is 52.8. The van der Waals surface area contributed by atoms with Gasteiger partial charge in [0, 0.05) is 66.8 Å². The van der Waals surface area contributed by atoms with Crippen LogP contribution in [0.25, 0.3) is 0 Å². The van der Waals surface area contributed by atoms with Gasteiger partial charge in [-0.3, -0.25) is 0 Å². The van der Waals surface area contributed by atoms with Gasteiger partial charge in [0.1, 0.15) is 0 Å². The Bertz CT molecular complexity index is 3250. The van der Waals surface area contributed by atoms with Gasteiger partial charge in [-0.25, -0.2) is 0 Å². The molecule has 0 atom stereocenters. The van der Waals surface area contributed by atoms with Crippen molar-refractivity contribution in [2.24, 2.45) is 0 Å². The van der Waals surface area contributed by atoms with Gasteiger partial charge in [-0.15, -0.1) is 0 Å². The van der Waals surface area contributed by atoms with Gasteiger partial charge in [0.2, 0.25) is 0 Å². The summed E-state index contributed by atoms with van der Waals surface area (Å²) in [6, 6.07) is 55.5. The second-order valence-electron chi connectivity index (χ2n) is 23.4. The molecule has 7 aromatic carbocycles. The molecule has 0 saturated carbocycles. The molecule has 0 saturated heterocycles. The van der Waals surface area contributed by atoms with Gasteiger partial charge < -0.3 is 0 Å². The first kappa shape index (κ1) is 65.4. The van der Waals surface area contributed by atoms with Crippen molar-refractivity contribution in [1.82, 2.24) is 0 Å². The van der Waals surface area contributed by atoms with Crippen LogP contribution in [0, 0.1) is 71.0 Å². The zero-order chi connectivity index (χ0) is 59.9. The van der Waals surface area contributed by atoms with Gasteiger partial charge in [0.15, 0.2) is 0 Å². The van der Waals surface area contributed by atoms with Crippen LogP contribution in [0.1, 0.15) is 271 Å². The molecule has 438 valence electrons. The van der Waals surface area contributed by atoms with E-state index in [2.05, 4.69) is 256 Å². The van der Waals surface area contributed by atoms with E-state index in [1.165, 1.54) is 164 Å². The summed E-state index contributed by atoms with van der Waals surface area (Å²) in [5.41, 5.74) is 17.6. The molecular weight excluding hydrogens is 1030 g/mol. The first-order valence-electron chi connectivity index (χ1n) is 33.3. The third kappa shape index (κ3) is 25.2. The van der Waals surface area contributed by atoms with E-state index in [4.69, 9.17) is 0 Å². The first-order chi connectivity index (χ1) is 42.5. The quantitative estimate of drug-likeness (QED) is 0.0339. The van der Waals surface area contributed by atoms with Crippen molar-refractivity contribution in [2.75, 3.05) is 0 Å². The minimum Gasteiger partial charge on any atom is -0.0654 e. The van der Waals surface area contributed by atoms with Crippen LogP contribution in [0.5, 0.6) is 0 Å². The highest BCUT2D eigenvalue weighted by Gasteiger charge is 2.10. The average molecular weight is 1130 g/mol. The number of rotatable bonds is 28. The predicted octanol–water partition coefficient (Wildman–Crippen LogP) is 21.7. The fraction of sp³-hybridized carbons (Fsp3) is 0.372. The van der Waals surface area contributed by atoms with Crippen LogP contribution < -0.4 is 0 Å². The lowest BCUT2D eigenvalue weighted by atomic mass is 9.92. The number of hydrogen-bond acceptors (Lipinski definition) is 0. The summed E-state index contributed by atoms with van der Waals surface area (Å²) in [4.78, 5) is 0. The molecule has 86 heavy (non-hydrogen) atoms. The van der Waals surface area contributed by atoms with Gasteiger partial charge in [-0.2, -0.15) is 0 Å². The van der Waals surface area contributed by atoms with Crippen LogP contribution in [0.4, 0.5) is 0 Å². The maximum absolute atomic E-state index is 3.66. The molecule has 0 N–H and O–H groups in total.